The van der Waals surface area contributed by atoms with Crippen molar-refractivity contribution in [1.29, 1.82) is 0 Å². The van der Waals surface area contributed by atoms with Crippen molar-refractivity contribution >= 4 is 11.6 Å². The van der Waals surface area contributed by atoms with E-state index >= 15 is 0 Å². The molecule has 2 aromatic carbocycles. The van der Waals surface area contributed by atoms with Gasteiger partial charge >= 0.3 is 0 Å². The lowest BCUT2D eigenvalue weighted by molar-refractivity contribution is -0.682. The van der Waals surface area contributed by atoms with Gasteiger partial charge in [-0.05, 0) is 99.9 Å². The minimum atomic E-state index is 0. The quantitative estimate of drug-likeness (QED) is 0.387. The van der Waals surface area contributed by atoms with E-state index in [1.807, 2.05) is 83.2 Å². The van der Waals surface area contributed by atoms with E-state index in [9.17, 15) is 9.59 Å². The lowest BCUT2D eigenvalue weighted by Gasteiger charge is -2.13. The van der Waals surface area contributed by atoms with Gasteiger partial charge in [-0.3, -0.25) is 9.59 Å². The molecule has 1 aromatic heterocycles. The second-order valence-corrected chi connectivity index (χ2v) is 8.88. The van der Waals surface area contributed by atoms with Crippen molar-refractivity contribution in [3.63, 3.8) is 0 Å². The van der Waals surface area contributed by atoms with Crippen LogP contribution in [0.5, 0.6) is 0 Å². The van der Waals surface area contributed by atoms with Gasteiger partial charge in [-0.15, -0.1) is 0 Å². The minimum Gasteiger partial charge on any atom is -1.00 e. The number of nitrogens with zero attached hydrogens (tertiary/aromatic N) is 2. The highest BCUT2D eigenvalue weighted by Crippen LogP contribution is 2.23. The zero-order valence-corrected chi connectivity index (χ0v) is 22.0. The molecule has 0 atom stereocenters. The van der Waals surface area contributed by atoms with Gasteiger partial charge in [-0.25, -0.2) is 9.13 Å². The van der Waals surface area contributed by atoms with Gasteiger partial charge in [-0.2, -0.15) is 0 Å². The van der Waals surface area contributed by atoms with Crippen LogP contribution in [-0.4, -0.2) is 16.1 Å². The molecule has 3 rings (SSSR count). The Bertz CT molecular complexity index is 1060. The molecule has 170 valence electrons. The third-order valence-corrected chi connectivity index (χ3v) is 6.69. The number of Topliss-reactive ketones (excluding diaryl/α,β-unsaturated/α-hetero) is 2. The molecule has 1 heterocycles. The topological polar surface area (TPSA) is 43.0 Å². The molecule has 0 bridgehead atoms. The summed E-state index contributed by atoms with van der Waals surface area (Å²) in [7, 11) is 0. The molecule has 0 saturated carbocycles. The number of rotatable bonds is 6. The Balaban J connectivity index is 0.00000363. The molecule has 0 aliphatic rings. The third-order valence-electron chi connectivity index (χ3n) is 6.69. The average Bonchev–Trinajstić information content (AvgIpc) is 3.12. The number of hydrogen-bond donors (Lipinski definition) is 0. The normalized spacial score (nSPS) is 10.8. The van der Waals surface area contributed by atoms with Crippen LogP contribution in [0.1, 0.15) is 65.2 Å². The maximum Gasteiger partial charge on any atom is 0.244 e. The highest BCUT2D eigenvalue weighted by Gasteiger charge is 2.21. The van der Waals surface area contributed by atoms with Crippen molar-refractivity contribution in [2.75, 3.05) is 0 Å². The predicted octanol–water partition coefficient (Wildman–Crippen LogP) is 2.01. The molecule has 0 radical (unpaired) electrons. The number of aromatic nitrogens is 2. The lowest BCUT2D eigenvalue weighted by atomic mass is 9.91. The third kappa shape index (κ3) is 4.93. The monoisotopic (exact) mass is 496 g/mol. The number of benzene rings is 2. The minimum absolute atomic E-state index is 0. The molecular weight excluding hydrogens is 464 g/mol. The van der Waals surface area contributed by atoms with E-state index in [1.54, 1.807) is 0 Å². The summed E-state index contributed by atoms with van der Waals surface area (Å²) in [6, 6.07) is 4.27. The van der Waals surface area contributed by atoms with Crippen molar-refractivity contribution < 1.29 is 31.1 Å². The van der Waals surface area contributed by atoms with Crippen LogP contribution >= 0.6 is 0 Å². The molecule has 0 aliphatic heterocycles. The smallest absolute Gasteiger partial charge is 0.244 e. The Kier molecular flexibility index (Phi) is 8.00. The van der Waals surface area contributed by atoms with E-state index in [4.69, 9.17) is 0 Å². The fourth-order valence-electron chi connectivity index (χ4n) is 4.39. The molecular formula is C27H33BrN2O2. The summed E-state index contributed by atoms with van der Waals surface area (Å²) in [5.74, 6) is 0.189. The first-order valence-corrected chi connectivity index (χ1v) is 10.8. The Labute approximate surface area is 202 Å². The Morgan fingerprint density at radius 3 is 1.56 bits per heavy atom. The number of halogens is 1. The molecule has 0 unspecified atom stereocenters. The maximum absolute atomic E-state index is 13.1. The highest BCUT2D eigenvalue weighted by molar-refractivity contribution is 5.99. The summed E-state index contributed by atoms with van der Waals surface area (Å²) in [4.78, 5) is 26.2. The Morgan fingerprint density at radius 2 is 1.12 bits per heavy atom. The summed E-state index contributed by atoms with van der Waals surface area (Å²) in [6.07, 6.45) is 5.57. The van der Waals surface area contributed by atoms with Crippen molar-refractivity contribution in [2.24, 2.45) is 0 Å². The largest absolute Gasteiger partial charge is 1.00 e. The van der Waals surface area contributed by atoms with Gasteiger partial charge in [-0.1, -0.05) is 12.1 Å². The van der Waals surface area contributed by atoms with Crippen molar-refractivity contribution in [1.82, 2.24) is 4.57 Å². The van der Waals surface area contributed by atoms with Crippen LogP contribution in [0.2, 0.25) is 0 Å². The number of imidazole rings is 1. The molecule has 4 nitrogen and oxygen atoms in total. The fraction of sp³-hybridized carbons (Fsp3) is 0.370. The van der Waals surface area contributed by atoms with E-state index in [0.717, 1.165) is 55.6 Å². The second-order valence-electron chi connectivity index (χ2n) is 8.88. The summed E-state index contributed by atoms with van der Waals surface area (Å²) in [5, 5.41) is 0. The van der Waals surface area contributed by atoms with Crippen LogP contribution in [0.4, 0.5) is 0 Å². The summed E-state index contributed by atoms with van der Waals surface area (Å²) < 4.78 is 3.71. The molecule has 5 heteroatoms. The van der Waals surface area contributed by atoms with Crippen molar-refractivity contribution in [2.45, 2.75) is 68.5 Å². The van der Waals surface area contributed by atoms with E-state index in [2.05, 4.69) is 12.1 Å². The van der Waals surface area contributed by atoms with Gasteiger partial charge in [0.1, 0.15) is 12.4 Å². The first kappa shape index (κ1) is 25.7. The molecule has 0 spiro atoms. The number of hydrogen-bond acceptors (Lipinski definition) is 2. The van der Waals surface area contributed by atoms with Gasteiger partial charge < -0.3 is 17.0 Å². The standard InChI is InChI=1S/C27H33N2O2.BrH/c1-16-11-17(2)21(6)26(20(16)5)24(30)13-28-9-10-29(15-28)14-25(31)27-22(7)18(3)12-19(4)23(27)8;/h9-12,15H,13-14H2,1-8H3;1H/q+1;/p-1. The van der Waals surface area contributed by atoms with Crippen molar-refractivity contribution in [3.05, 3.63) is 86.5 Å². The number of carbonyl (C=O) groups excluding carboxylic acids is 2. The first-order valence-electron chi connectivity index (χ1n) is 10.8. The van der Waals surface area contributed by atoms with Crippen LogP contribution in [0.3, 0.4) is 0 Å². The van der Waals surface area contributed by atoms with Crippen molar-refractivity contribution in [3.8, 4) is 0 Å². The zero-order valence-electron chi connectivity index (χ0n) is 20.4. The average molecular weight is 497 g/mol. The second kappa shape index (κ2) is 9.95. The van der Waals surface area contributed by atoms with Crippen LogP contribution in [0, 0.1) is 55.4 Å². The van der Waals surface area contributed by atoms with Gasteiger partial charge in [0.15, 0.2) is 13.1 Å². The van der Waals surface area contributed by atoms with E-state index in [0.29, 0.717) is 0 Å². The Morgan fingerprint density at radius 1 is 0.719 bits per heavy atom. The first-order chi connectivity index (χ1) is 14.5. The predicted molar refractivity (Wildman–Crippen MR) is 124 cm³/mol. The summed E-state index contributed by atoms with van der Waals surface area (Å²) in [5.41, 5.74) is 10.4. The van der Waals surface area contributed by atoms with E-state index < -0.39 is 0 Å². The van der Waals surface area contributed by atoms with E-state index in [1.165, 1.54) is 0 Å². The molecule has 0 saturated heterocycles. The molecule has 0 aliphatic carbocycles. The van der Waals surface area contributed by atoms with E-state index in [-0.39, 0.29) is 41.6 Å². The Hall–Kier alpha value is -2.53. The summed E-state index contributed by atoms with van der Waals surface area (Å²) in [6.45, 7) is 16.7. The molecule has 32 heavy (non-hydrogen) atoms. The number of carbonyl (C=O) groups is 2. The SMILES string of the molecule is Cc1cc(C)c(C)c(C(=O)Cn2cc[n+](CC(=O)c3c(C)c(C)cc(C)c3C)c2)c1C.[Br-]. The molecule has 3 aromatic rings. The van der Waals surface area contributed by atoms with Gasteiger partial charge in [0, 0.05) is 11.1 Å². The van der Waals surface area contributed by atoms with Gasteiger partial charge in [0.25, 0.3) is 0 Å². The maximum atomic E-state index is 13.1. The molecule has 0 amide bonds. The highest BCUT2D eigenvalue weighted by atomic mass is 79.9. The molecule has 0 N–H and O–H groups in total. The summed E-state index contributed by atoms with van der Waals surface area (Å²) >= 11 is 0. The zero-order chi connectivity index (χ0) is 23.0. The van der Waals surface area contributed by atoms with Crippen LogP contribution in [0.25, 0.3) is 0 Å². The van der Waals surface area contributed by atoms with Gasteiger partial charge in [0.05, 0.1) is 0 Å². The van der Waals surface area contributed by atoms with Gasteiger partial charge in [0.2, 0.25) is 17.9 Å². The van der Waals surface area contributed by atoms with Crippen LogP contribution < -0.4 is 21.5 Å². The van der Waals surface area contributed by atoms with Crippen LogP contribution in [-0.2, 0) is 13.1 Å². The lowest BCUT2D eigenvalue weighted by Crippen LogP contribution is -3.00. The van der Waals surface area contributed by atoms with Crippen LogP contribution in [0.15, 0.2) is 30.9 Å². The fourth-order valence-corrected chi connectivity index (χ4v) is 4.39. The number of aryl methyl sites for hydroxylation is 4. The number of ketones is 2. The molecule has 0 fully saturated rings.